The second-order valence-electron chi connectivity index (χ2n) is 5.70. The molecule has 0 atom stereocenters. The molecule has 0 saturated heterocycles. The number of carbonyl (C=O) groups is 2. The monoisotopic (exact) mass is 361 g/mol. The maximum Gasteiger partial charge on any atom is 0.416 e. The molecule has 0 unspecified atom stereocenters. The number of nitrogens with zero attached hydrogens (tertiary/aromatic N) is 1. The smallest absolute Gasteiger partial charge is 0.416 e. The zero-order chi connectivity index (χ0) is 19.6. The van der Waals surface area contributed by atoms with Crippen LogP contribution in [0.15, 0.2) is 30.3 Å². The molecule has 0 heterocycles. The summed E-state index contributed by atoms with van der Waals surface area (Å²) in [7, 11) is 0. The van der Waals surface area contributed by atoms with Gasteiger partial charge in [-0.3, -0.25) is 4.79 Å². The molecular formula is C19H14F3NO3. The van der Waals surface area contributed by atoms with Crippen LogP contribution < -0.4 is 4.74 Å². The van der Waals surface area contributed by atoms with Crippen molar-refractivity contribution in [3.05, 3.63) is 63.7 Å². The highest BCUT2D eigenvalue weighted by atomic mass is 19.4. The lowest BCUT2D eigenvalue weighted by atomic mass is 9.97. The predicted octanol–water partition coefficient (Wildman–Crippen LogP) is 4.62. The number of aryl methyl sites for hydroxylation is 1. The van der Waals surface area contributed by atoms with Crippen LogP contribution in [0.4, 0.5) is 13.2 Å². The number of hydrogen-bond acceptors (Lipinski definition) is 4. The van der Waals surface area contributed by atoms with Gasteiger partial charge in [0.15, 0.2) is 11.5 Å². The molecule has 0 bridgehead atoms. The fourth-order valence-electron chi connectivity index (χ4n) is 2.34. The molecule has 4 nitrogen and oxygen atoms in total. The lowest BCUT2D eigenvalue weighted by Gasteiger charge is -2.14. The molecule has 0 aromatic heterocycles. The summed E-state index contributed by atoms with van der Waals surface area (Å²) >= 11 is 0. The third-order valence-corrected chi connectivity index (χ3v) is 3.93. The van der Waals surface area contributed by atoms with Gasteiger partial charge in [-0.15, -0.1) is 0 Å². The van der Waals surface area contributed by atoms with Crippen molar-refractivity contribution in [3.63, 3.8) is 0 Å². The minimum absolute atomic E-state index is 0.0375. The summed E-state index contributed by atoms with van der Waals surface area (Å²) in [5.74, 6) is -1.55. The molecule has 0 fully saturated rings. The van der Waals surface area contributed by atoms with Gasteiger partial charge in [0.25, 0.3) is 0 Å². The van der Waals surface area contributed by atoms with Gasteiger partial charge in [-0.1, -0.05) is 0 Å². The number of nitriles is 1. The van der Waals surface area contributed by atoms with Crippen molar-refractivity contribution in [1.29, 1.82) is 5.26 Å². The van der Waals surface area contributed by atoms with Gasteiger partial charge in [0.05, 0.1) is 22.3 Å². The van der Waals surface area contributed by atoms with Gasteiger partial charge < -0.3 is 4.74 Å². The summed E-state index contributed by atoms with van der Waals surface area (Å²) in [5.41, 5.74) is 0.297. The highest BCUT2D eigenvalue weighted by Gasteiger charge is 2.30. The topological polar surface area (TPSA) is 67.2 Å². The highest BCUT2D eigenvalue weighted by molar-refractivity contribution is 6.00. The Morgan fingerprint density at radius 3 is 2.15 bits per heavy atom. The summed E-state index contributed by atoms with van der Waals surface area (Å²) < 4.78 is 43.0. The molecule has 0 spiro atoms. The van der Waals surface area contributed by atoms with E-state index in [0.29, 0.717) is 11.1 Å². The first-order valence-corrected chi connectivity index (χ1v) is 7.51. The normalized spacial score (nSPS) is 11.0. The summed E-state index contributed by atoms with van der Waals surface area (Å²) in [6.45, 7) is 4.62. The summed E-state index contributed by atoms with van der Waals surface area (Å²) in [6.07, 6.45) is -4.52. The maximum atomic E-state index is 12.6. The number of hydrogen-bond donors (Lipinski definition) is 0. The van der Waals surface area contributed by atoms with Gasteiger partial charge in [0, 0.05) is 0 Å². The third-order valence-electron chi connectivity index (χ3n) is 3.93. The fourth-order valence-corrected chi connectivity index (χ4v) is 2.34. The van der Waals surface area contributed by atoms with Crippen molar-refractivity contribution in [2.45, 2.75) is 26.9 Å². The number of esters is 1. The third kappa shape index (κ3) is 3.75. The molecule has 2 aromatic rings. The van der Waals surface area contributed by atoms with E-state index in [1.165, 1.54) is 13.0 Å². The minimum Gasteiger partial charge on any atom is -0.421 e. The maximum absolute atomic E-state index is 12.6. The van der Waals surface area contributed by atoms with E-state index in [0.717, 1.165) is 24.3 Å². The van der Waals surface area contributed by atoms with Crippen LogP contribution in [0.25, 0.3) is 0 Å². The molecular weight excluding hydrogens is 347 g/mol. The number of alkyl halides is 3. The second-order valence-corrected chi connectivity index (χ2v) is 5.70. The Morgan fingerprint density at radius 2 is 1.69 bits per heavy atom. The van der Waals surface area contributed by atoms with Crippen LogP contribution in [0.2, 0.25) is 0 Å². The molecule has 134 valence electrons. The average Bonchev–Trinajstić information content (AvgIpc) is 2.57. The Bertz CT molecular complexity index is 923. The Morgan fingerprint density at radius 1 is 1.12 bits per heavy atom. The zero-order valence-electron chi connectivity index (χ0n) is 14.2. The van der Waals surface area contributed by atoms with E-state index in [4.69, 9.17) is 4.74 Å². The highest BCUT2D eigenvalue weighted by Crippen LogP contribution is 2.32. The summed E-state index contributed by atoms with van der Waals surface area (Å²) in [4.78, 5) is 24.1. The SMILES string of the molecule is CC(=O)c1cc(C)c(C)c(C#N)c1OC(=O)c1ccc(C(F)(F)F)cc1. The van der Waals surface area contributed by atoms with Crippen molar-refractivity contribution >= 4 is 11.8 Å². The van der Waals surface area contributed by atoms with Gasteiger partial charge in [-0.05, 0) is 62.2 Å². The Kier molecular flexibility index (Phi) is 5.17. The van der Waals surface area contributed by atoms with E-state index >= 15 is 0 Å². The molecule has 7 heteroatoms. The van der Waals surface area contributed by atoms with Crippen LogP contribution in [0, 0.1) is 25.2 Å². The van der Waals surface area contributed by atoms with E-state index in [9.17, 15) is 28.0 Å². The molecule has 0 aliphatic rings. The first-order valence-electron chi connectivity index (χ1n) is 7.51. The van der Waals surface area contributed by atoms with E-state index in [1.54, 1.807) is 13.8 Å². The van der Waals surface area contributed by atoms with Crippen LogP contribution in [0.3, 0.4) is 0 Å². The lowest BCUT2D eigenvalue weighted by Crippen LogP contribution is -2.14. The number of ketones is 1. The van der Waals surface area contributed by atoms with E-state index < -0.39 is 23.5 Å². The Hall–Kier alpha value is -3.14. The number of Topliss-reactive ketones (excluding diaryl/α,β-unsaturated/α-hetero) is 1. The number of carbonyl (C=O) groups excluding carboxylic acids is 2. The molecule has 0 saturated carbocycles. The van der Waals surface area contributed by atoms with Crippen LogP contribution in [0.1, 0.15) is 49.9 Å². The van der Waals surface area contributed by atoms with Gasteiger partial charge in [0.2, 0.25) is 0 Å². The van der Waals surface area contributed by atoms with Crippen LogP contribution in [0.5, 0.6) is 5.75 Å². The number of halogens is 3. The first-order chi connectivity index (χ1) is 12.1. The average molecular weight is 361 g/mol. The molecule has 0 N–H and O–H groups in total. The molecule has 2 rings (SSSR count). The van der Waals surface area contributed by atoms with Crippen LogP contribution in [-0.2, 0) is 6.18 Å². The Labute approximate surface area is 147 Å². The van der Waals surface area contributed by atoms with Gasteiger partial charge in [0.1, 0.15) is 6.07 Å². The molecule has 26 heavy (non-hydrogen) atoms. The van der Waals surface area contributed by atoms with Crippen LogP contribution >= 0.6 is 0 Å². The quantitative estimate of drug-likeness (QED) is 0.455. The Balaban J connectivity index is 2.45. The second kappa shape index (κ2) is 7.00. The molecule has 0 amide bonds. The van der Waals surface area contributed by atoms with E-state index in [1.807, 2.05) is 6.07 Å². The minimum atomic E-state index is -4.52. The van der Waals surface area contributed by atoms with Crippen molar-refractivity contribution in [1.82, 2.24) is 0 Å². The van der Waals surface area contributed by atoms with Crippen molar-refractivity contribution in [3.8, 4) is 11.8 Å². The lowest BCUT2D eigenvalue weighted by molar-refractivity contribution is -0.137. The number of rotatable bonds is 3. The van der Waals surface area contributed by atoms with Gasteiger partial charge >= 0.3 is 12.1 Å². The largest absolute Gasteiger partial charge is 0.421 e. The zero-order valence-corrected chi connectivity index (χ0v) is 14.2. The van der Waals surface area contributed by atoms with E-state index in [2.05, 4.69) is 0 Å². The molecule has 0 radical (unpaired) electrons. The van der Waals surface area contributed by atoms with Gasteiger partial charge in [-0.2, -0.15) is 18.4 Å². The molecule has 0 aliphatic carbocycles. The predicted molar refractivity (Wildman–Crippen MR) is 87.0 cm³/mol. The first kappa shape index (κ1) is 19.2. The van der Waals surface area contributed by atoms with Crippen molar-refractivity contribution in [2.75, 3.05) is 0 Å². The summed E-state index contributed by atoms with van der Waals surface area (Å²) in [5, 5.41) is 9.36. The van der Waals surface area contributed by atoms with E-state index in [-0.39, 0.29) is 22.4 Å². The standard InChI is InChI=1S/C19H14F3NO3/c1-10-8-15(12(3)24)17(16(9-23)11(10)2)26-18(25)13-4-6-14(7-5-13)19(20,21)22/h4-8H,1-3H3. The van der Waals surface area contributed by atoms with Crippen molar-refractivity contribution in [2.24, 2.45) is 0 Å². The number of benzene rings is 2. The summed E-state index contributed by atoms with van der Waals surface area (Å²) in [6, 6.07) is 6.89. The van der Waals surface area contributed by atoms with Crippen LogP contribution in [-0.4, -0.2) is 11.8 Å². The number of ether oxygens (including phenoxy) is 1. The van der Waals surface area contributed by atoms with Gasteiger partial charge in [-0.25, -0.2) is 4.79 Å². The molecule has 2 aromatic carbocycles. The fraction of sp³-hybridized carbons (Fsp3) is 0.211. The van der Waals surface area contributed by atoms with Crippen molar-refractivity contribution < 1.29 is 27.5 Å². The molecule has 0 aliphatic heterocycles.